The second kappa shape index (κ2) is 4.96. The predicted octanol–water partition coefficient (Wildman–Crippen LogP) is 1.62. The van der Waals surface area contributed by atoms with E-state index in [1.165, 1.54) is 6.33 Å². The highest BCUT2D eigenvalue weighted by molar-refractivity contribution is 5.97. The van der Waals surface area contributed by atoms with E-state index in [0.29, 0.717) is 29.6 Å². The minimum Gasteiger partial charge on any atom is -0.489 e. The first-order chi connectivity index (χ1) is 9.66. The molecule has 6 nitrogen and oxygen atoms in total. The van der Waals surface area contributed by atoms with Gasteiger partial charge in [0.1, 0.15) is 24.0 Å². The first-order valence-corrected chi connectivity index (χ1v) is 6.59. The second-order valence-electron chi connectivity index (χ2n) is 4.95. The van der Waals surface area contributed by atoms with Gasteiger partial charge in [-0.1, -0.05) is 19.1 Å². The van der Waals surface area contributed by atoms with Crippen molar-refractivity contribution in [2.75, 3.05) is 0 Å². The molecule has 0 bridgehead atoms. The van der Waals surface area contributed by atoms with E-state index in [-0.39, 0.29) is 12.0 Å². The number of H-pyrrole nitrogens is 1. The van der Waals surface area contributed by atoms with Crippen molar-refractivity contribution in [2.24, 2.45) is 0 Å². The molecule has 1 aliphatic heterocycles. The lowest BCUT2D eigenvalue weighted by molar-refractivity contribution is 0.0945. The van der Waals surface area contributed by atoms with Crippen molar-refractivity contribution in [2.45, 2.75) is 32.4 Å². The summed E-state index contributed by atoms with van der Waals surface area (Å²) in [5.41, 5.74) is 1.66. The summed E-state index contributed by atoms with van der Waals surface area (Å²) in [7, 11) is 0. The van der Waals surface area contributed by atoms with Crippen LogP contribution in [0.3, 0.4) is 0 Å². The third-order valence-corrected chi connectivity index (χ3v) is 3.67. The predicted molar refractivity (Wildman–Crippen MR) is 72.5 cm³/mol. The number of hydrogen-bond donors (Lipinski definition) is 2. The van der Waals surface area contributed by atoms with Crippen molar-refractivity contribution in [3.8, 4) is 5.75 Å². The molecule has 2 heterocycles. The molecule has 2 atom stereocenters. The highest BCUT2D eigenvalue weighted by Crippen LogP contribution is 2.40. The van der Waals surface area contributed by atoms with Gasteiger partial charge in [-0.05, 0) is 13.0 Å². The van der Waals surface area contributed by atoms with Crippen molar-refractivity contribution in [1.82, 2.24) is 20.5 Å². The Labute approximate surface area is 116 Å². The molecule has 0 saturated heterocycles. The fraction of sp³-hybridized carbons (Fsp3) is 0.357. The molecule has 2 aromatic rings. The van der Waals surface area contributed by atoms with Crippen LogP contribution in [0.2, 0.25) is 0 Å². The first-order valence-electron chi connectivity index (χ1n) is 6.59. The highest BCUT2D eigenvalue weighted by Gasteiger charge is 2.30. The number of carbonyl (C=O) groups excluding carboxylic acids is 1. The van der Waals surface area contributed by atoms with Gasteiger partial charge in [0.25, 0.3) is 5.91 Å². The van der Waals surface area contributed by atoms with E-state index in [2.05, 4.69) is 27.4 Å². The molecule has 3 rings (SSSR count). The normalized spacial score (nSPS) is 20.3. The Kier molecular flexibility index (Phi) is 3.14. The summed E-state index contributed by atoms with van der Waals surface area (Å²) in [6.07, 6.45) is 1.50. The number of carbonyl (C=O) groups is 1. The maximum atomic E-state index is 12.3. The number of nitrogens with one attached hydrogen (secondary N) is 2. The molecule has 1 aromatic heterocycles. The monoisotopic (exact) mass is 272 g/mol. The fourth-order valence-corrected chi connectivity index (χ4v) is 2.34. The van der Waals surface area contributed by atoms with Gasteiger partial charge in [0.05, 0.1) is 12.1 Å². The van der Waals surface area contributed by atoms with Crippen molar-refractivity contribution >= 4 is 5.91 Å². The zero-order valence-electron chi connectivity index (χ0n) is 11.4. The molecule has 0 radical (unpaired) electrons. The van der Waals surface area contributed by atoms with Gasteiger partial charge in [-0.25, -0.2) is 4.98 Å². The molecule has 2 unspecified atom stereocenters. The summed E-state index contributed by atoms with van der Waals surface area (Å²) in [5.74, 6) is 1.45. The molecule has 0 saturated carbocycles. The third kappa shape index (κ3) is 2.13. The number of aromatic nitrogens is 3. The number of aromatic amines is 1. The van der Waals surface area contributed by atoms with E-state index in [1.807, 2.05) is 19.1 Å². The average Bonchev–Trinajstić information content (AvgIpc) is 3.06. The van der Waals surface area contributed by atoms with Gasteiger partial charge >= 0.3 is 0 Å². The van der Waals surface area contributed by atoms with Gasteiger partial charge in [0.2, 0.25) is 0 Å². The van der Waals surface area contributed by atoms with Crippen LogP contribution in [0.25, 0.3) is 0 Å². The van der Waals surface area contributed by atoms with Gasteiger partial charge in [-0.15, -0.1) is 0 Å². The Balaban J connectivity index is 1.79. The fourth-order valence-electron chi connectivity index (χ4n) is 2.34. The van der Waals surface area contributed by atoms with Crippen LogP contribution in [0.5, 0.6) is 5.75 Å². The number of fused-ring (bicyclic) bond motifs is 1. The Morgan fingerprint density at radius 1 is 1.45 bits per heavy atom. The van der Waals surface area contributed by atoms with E-state index in [9.17, 15) is 4.79 Å². The molecule has 104 valence electrons. The summed E-state index contributed by atoms with van der Waals surface area (Å²) in [4.78, 5) is 16.2. The molecule has 0 aliphatic carbocycles. The SMILES string of the molecule is CC1Oc2c(C(=O)NCc3ncn[nH]3)cccc2C1C. The van der Waals surface area contributed by atoms with Crippen molar-refractivity contribution in [1.29, 1.82) is 0 Å². The van der Waals surface area contributed by atoms with Crippen LogP contribution < -0.4 is 10.1 Å². The summed E-state index contributed by atoms with van der Waals surface area (Å²) in [6.45, 7) is 4.43. The van der Waals surface area contributed by atoms with E-state index < -0.39 is 0 Å². The van der Waals surface area contributed by atoms with E-state index in [4.69, 9.17) is 4.74 Å². The molecule has 1 aromatic carbocycles. The minimum absolute atomic E-state index is 0.0909. The van der Waals surface area contributed by atoms with E-state index >= 15 is 0 Å². The van der Waals surface area contributed by atoms with Crippen molar-refractivity contribution in [3.05, 3.63) is 41.5 Å². The number of para-hydroxylation sites is 1. The van der Waals surface area contributed by atoms with Crippen LogP contribution >= 0.6 is 0 Å². The van der Waals surface area contributed by atoms with Crippen LogP contribution in [0, 0.1) is 0 Å². The highest BCUT2D eigenvalue weighted by atomic mass is 16.5. The van der Waals surface area contributed by atoms with Gasteiger partial charge in [-0.3, -0.25) is 9.89 Å². The summed E-state index contributed by atoms with van der Waals surface area (Å²) in [6, 6.07) is 5.68. The maximum Gasteiger partial charge on any atom is 0.255 e. The van der Waals surface area contributed by atoms with Gasteiger partial charge in [-0.2, -0.15) is 5.10 Å². The topological polar surface area (TPSA) is 79.9 Å². The second-order valence-corrected chi connectivity index (χ2v) is 4.95. The molecule has 0 fully saturated rings. The number of hydrogen-bond acceptors (Lipinski definition) is 4. The molecule has 1 amide bonds. The van der Waals surface area contributed by atoms with Crippen LogP contribution in [-0.4, -0.2) is 27.2 Å². The van der Waals surface area contributed by atoms with Gasteiger partial charge in [0, 0.05) is 11.5 Å². The average molecular weight is 272 g/mol. The third-order valence-electron chi connectivity index (χ3n) is 3.67. The summed E-state index contributed by atoms with van der Waals surface area (Å²) in [5, 5.41) is 9.25. The number of ether oxygens (including phenoxy) is 1. The largest absolute Gasteiger partial charge is 0.489 e. The van der Waals surface area contributed by atoms with Crippen LogP contribution in [0.15, 0.2) is 24.5 Å². The Hall–Kier alpha value is -2.37. The summed E-state index contributed by atoms with van der Waals surface area (Å²) < 4.78 is 5.81. The maximum absolute atomic E-state index is 12.3. The molecule has 0 spiro atoms. The number of nitrogens with zero attached hydrogens (tertiary/aromatic N) is 2. The first kappa shape index (κ1) is 12.7. The van der Waals surface area contributed by atoms with E-state index in [1.54, 1.807) is 6.07 Å². The lowest BCUT2D eigenvalue weighted by Crippen LogP contribution is -2.24. The van der Waals surface area contributed by atoms with Gasteiger partial charge in [0.15, 0.2) is 0 Å². The van der Waals surface area contributed by atoms with Crippen molar-refractivity contribution < 1.29 is 9.53 Å². The number of rotatable bonds is 3. The molecular weight excluding hydrogens is 256 g/mol. The standard InChI is InChI=1S/C14H16N4O2/c1-8-9(2)20-13-10(8)4-3-5-11(13)14(19)15-6-12-16-7-17-18-12/h3-5,7-9H,6H2,1-2H3,(H,15,19)(H,16,17,18). The van der Waals surface area contributed by atoms with E-state index in [0.717, 1.165) is 5.56 Å². The lowest BCUT2D eigenvalue weighted by Gasteiger charge is -2.09. The smallest absolute Gasteiger partial charge is 0.255 e. The molecule has 1 aliphatic rings. The van der Waals surface area contributed by atoms with Crippen LogP contribution in [0.4, 0.5) is 0 Å². The van der Waals surface area contributed by atoms with Crippen LogP contribution in [-0.2, 0) is 6.54 Å². The number of amides is 1. The van der Waals surface area contributed by atoms with Crippen LogP contribution in [0.1, 0.15) is 41.5 Å². The Bertz CT molecular complexity index is 624. The zero-order valence-corrected chi connectivity index (χ0v) is 11.4. The molecular formula is C14H16N4O2. The quantitative estimate of drug-likeness (QED) is 0.889. The Morgan fingerprint density at radius 3 is 3.05 bits per heavy atom. The molecule has 2 N–H and O–H groups in total. The Morgan fingerprint density at radius 2 is 2.30 bits per heavy atom. The van der Waals surface area contributed by atoms with Crippen molar-refractivity contribution in [3.63, 3.8) is 0 Å². The minimum atomic E-state index is -0.167. The summed E-state index contributed by atoms with van der Waals surface area (Å²) >= 11 is 0. The lowest BCUT2D eigenvalue weighted by atomic mass is 9.97. The molecule has 20 heavy (non-hydrogen) atoms. The number of benzene rings is 1. The van der Waals surface area contributed by atoms with Gasteiger partial charge < -0.3 is 10.1 Å². The molecule has 6 heteroatoms. The zero-order chi connectivity index (χ0) is 14.1.